The fourth-order valence-electron chi connectivity index (χ4n) is 3.51. The molecule has 4 rings (SSSR count). The van der Waals surface area contributed by atoms with Gasteiger partial charge in [-0.05, 0) is 44.2 Å². The summed E-state index contributed by atoms with van der Waals surface area (Å²) in [6.45, 7) is 4.07. The summed E-state index contributed by atoms with van der Waals surface area (Å²) in [6.07, 6.45) is 3.41. The molecule has 0 saturated carbocycles. The van der Waals surface area contributed by atoms with Crippen LogP contribution in [0.4, 0.5) is 15.8 Å². The molecule has 1 unspecified atom stereocenters. The van der Waals surface area contributed by atoms with Crippen LogP contribution in [-0.2, 0) is 9.59 Å². The number of benzene rings is 2. The number of rotatable bonds is 4. The molecule has 7 heteroatoms. The Labute approximate surface area is 168 Å². The first-order valence-electron chi connectivity index (χ1n) is 9.40. The highest BCUT2D eigenvalue weighted by molar-refractivity contribution is 6.03. The Morgan fingerprint density at radius 1 is 1.17 bits per heavy atom. The number of halogens is 1. The molecule has 6 nitrogen and oxygen atoms in total. The maximum atomic E-state index is 14.5. The van der Waals surface area contributed by atoms with E-state index in [9.17, 15) is 14.0 Å². The summed E-state index contributed by atoms with van der Waals surface area (Å²) in [4.78, 5) is 30.7. The van der Waals surface area contributed by atoms with Crippen LogP contribution in [0.3, 0.4) is 0 Å². The number of imidazole rings is 1. The average molecular weight is 392 g/mol. The van der Waals surface area contributed by atoms with E-state index in [0.717, 1.165) is 11.3 Å². The van der Waals surface area contributed by atoms with Crippen molar-refractivity contribution < 1.29 is 14.0 Å². The molecule has 2 heterocycles. The molecular weight excluding hydrogens is 371 g/mol. The summed E-state index contributed by atoms with van der Waals surface area (Å²) in [5.74, 6) is -0.665. The highest BCUT2D eigenvalue weighted by Crippen LogP contribution is 2.27. The maximum absolute atomic E-state index is 14.5. The fraction of sp³-hybridized carbons (Fsp3) is 0.227. The molecule has 1 saturated heterocycles. The minimum Gasteiger partial charge on any atom is -0.326 e. The SMILES string of the molecule is Cc1ccc(N2CC(C(=O)Nc3ccc(-n4ccnc4C)c(F)c3)CC2=O)cc1. The Hall–Kier alpha value is -3.48. The van der Waals surface area contributed by atoms with Crippen LogP contribution >= 0.6 is 0 Å². The molecule has 0 bridgehead atoms. The van der Waals surface area contributed by atoms with Crippen LogP contribution in [-0.4, -0.2) is 27.9 Å². The van der Waals surface area contributed by atoms with Crippen LogP contribution in [0, 0.1) is 25.6 Å². The standard InChI is InChI=1S/C22H21FN4O2/c1-14-3-6-18(7-4-14)27-13-16(11-21(27)28)22(29)25-17-5-8-20(19(23)12-17)26-10-9-24-15(26)2/h3-10,12,16H,11,13H2,1-2H3,(H,25,29). The van der Waals surface area contributed by atoms with Gasteiger partial charge in [-0.25, -0.2) is 9.37 Å². The third-order valence-electron chi connectivity index (χ3n) is 5.14. The molecule has 1 N–H and O–H groups in total. The van der Waals surface area contributed by atoms with Crippen molar-refractivity contribution in [3.8, 4) is 5.69 Å². The molecule has 3 aromatic rings. The minimum atomic E-state index is -0.484. The molecule has 0 aliphatic carbocycles. The van der Waals surface area contributed by atoms with Crippen molar-refractivity contribution in [1.82, 2.24) is 9.55 Å². The summed E-state index contributed by atoms with van der Waals surface area (Å²) < 4.78 is 16.2. The van der Waals surface area contributed by atoms with E-state index in [-0.39, 0.29) is 18.2 Å². The van der Waals surface area contributed by atoms with E-state index in [2.05, 4.69) is 10.3 Å². The van der Waals surface area contributed by atoms with Gasteiger partial charge in [0.1, 0.15) is 11.6 Å². The first-order chi connectivity index (χ1) is 13.9. The number of carbonyl (C=O) groups excluding carboxylic acids is 2. The molecule has 29 heavy (non-hydrogen) atoms. The molecule has 148 valence electrons. The monoisotopic (exact) mass is 392 g/mol. The molecule has 2 amide bonds. The number of carbonyl (C=O) groups is 2. The summed E-state index contributed by atoms with van der Waals surface area (Å²) in [6, 6.07) is 12.1. The minimum absolute atomic E-state index is 0.0916. The lowest BCUT2D eigenvalue weighted by Crippen LogP contribution is -2.28. The zero-order valence-corrected chi connectivity index (χ0v) is 16.2. The summed E-state index contributed by atoms with van der Waals surface area (Å²) in [7, 11) is 0. The highest BCUT2D eigenvalue weighted by Gasteiger charge is 2.35. The van der Waals surface area contributed by atoms with Gasteiger partial charge in [0.05, 0.1) is 11.6 Å². The number of aryl methyl sites for hydroxylation is 2. The van der Waals surface area contributed by atoms with Gasteiger partial charge in [0, 0.05) is 36.7 Å². The van der Waals surface area contributed by atoms with Crippen molar-refractivity contribution >= 4 is 23.2 Å². The molecule has 1 fully saturated rings. The van der Waals surface area contributed by atoms with Crippen LogP contribution in [0.5, 0.6) is 0 Å². The average Bonchev–Trinajstić information content (AvgIpc) is 3.28. The van der Waals surface area contributed by atoms with Crippen LogP contribution in [0.15, 0.2) is 54.9 Å². The Morgan fingerprint density at radius 2 is 1.93 bits per heavy atom. The van der Waals surface area contributed by atoms with Gasteiger partial charge in [-0.3, -0.25) is 9.59 Å². The Kier molecular flexibility index (Phi) is 4.88. The number of nitrogens with zero attached hydrogens (tertiary/aromatic N) is 3. The third kappa shape index (κ3) is 3.76. The van der Waals surface area contributed by atoms with Crippen LogP contribution in [0.2, 0.25) is 0 Å². The summed E-state index contributed by atoms with van der Waals surface area (Å²) in [5.41, 5.74) is 2.60. The molecular formula is C22H21FN4O2. The largest absolute Gasteiger partial charge is 0.326 e. The molecule has 0 spiro atoms. The van der Waals surface area contributed by atoms with Crippen molar-refractivity contribution in [2.75, 3.05) is 16.8 Å². The van der Waals surface area contributed by atoms with E-state index in [0.29, 0.717) is 23.7 Å². The first-order valence-corrected chi connectivity index (χ1v) is 9.40. The van der Waals surface area contributed by atoms with E-state index in [1.165, 1.54) is 6.07 Å². The first kappa shape index (κ1) is 18.9. The molecule has 1 aromatic heterocycles. The second-order valence-corrected chi connectivity index (χ2v) is 7.24. The highest BCUT2D eigenvalue weighted by atomic mass is 19.1. The van der Waals surface area contributed by atoms with E-state index in [1.807, 2.05) is 31.2 Å². The Bertz CT molecular complexity index is 1070. The van der Waals surface area contributed by atoms with Crippen LogP contribution in [0.25, 0.3) is 5.69 Å². The van der Waals surface area contributed by atoms with Crippen molar-refractivity contribution in [2.45, 2.75) is 20.3 Å². The number of aromatic nitrogens is 2. The zero-order chi connectivity index (χ0) is 20.5. The van der Waals surface area contributed by atoms with Gasteiger partial charge in [-0.2, -0.15) is 0 Å². The normalized spacial score (nSPS) is 16.3. The number of nitrogens with one attached hydrogen (secondary N) is 1. The van der Waals surface area contributed by atoms with Gasteiger partial charge in [0.25, 0.3) is 0 Å². The van der Waals surface area contributed by atoms with E-state index in [1.54, 1.807) is 40.9 Å². The maximum Gasteiger partial charge on any atom is 0.229 e. The van der Waals surface area contributed by atoms with Crippen LogP contribution in [0.1, 0.15) is 17.8 Å². The Balaban J connectivity index is 1.46. The smallest absolute Gasteiger partial charge is 0.229 e. The number of anilines is 2. The van der Waals surface area contributed by atoms with Gasteiger partial charge in [0.2, 0.25) is 11.8 Å². The second-order valence-electron chi connectivity index (χ2n) is 7.24. The molecule has 1 aliphatic heterocycles. The molecule has 2 aromatic carbocycles. The summed E-state index contributed by atoms with van der Waals surface area (Å²) in [5, 5.41) is 2.73. The predicted molar refractivity (Wildman–Crippen MR) is 109 cm³/mol. The van der Waals surface area contributed by atoms with E-state index >= 15 is 0 Å². The lowest BCUT2D eigenvalue weighted by Gasteiger charge is -2.17. The Morgan fingerprint density at radius 3 is 2.59 bits per heavy atom. The number of hydrogen-bond acceptors (Lipinski definition) is 3. The van der Waals surface area contributed by atoms with Crippen LogP contribution < -0.4 is 10.2 Å². The van der Waals surface area contributed by atoms with Crippen molar-refractivity contribution in [3.05, 3.63) is 72.1 Å². The quantitative estimate of drug-likeness (QED) is 0.737. The number of hydrogen-bond donors (Lipinski definition) is 1. The lowest BCUT2D eigenvalue weighted by molar-refractivity contribution is -0.122. The van der Waals surface area contributed by atoms with Gasteiger partial charge < -0.3 is 14.8 Å². The predicted octanol–water partition coefficient (Wildman–Crippen LogP) is 3.62. The van der Waals surface area contributed by atoms with Gasteiger partial charge in [0.15, 0.2) is 0 Å². The molecule has 0 radical (unpaired) electrons. The van der Waals surface area contributed by atoms with Gasteiger partial charge in [-0.1, -0.05) is 17.7 Å². The van der Waals surface area contributed by atoms with Crippen molar-refractivity contribution in [2.24, 2.45) is 5.92 Å². The molecule has 1 aliphatic rings. The van der Waals surface area contributed by atoms with Crippen molar-refractivity contribution in [3.63, 3.8) is 0 Å². The number of amides is 2. The van der Waals surface area contributed by atoms with E-state index in [4.69, 9.17) is 0 Å². The third-order valence-corrected chi connectivity index (χ3v) is 5.14. The topological polar surface area (TPSA) is 67.2 Å². The van der Waals surface area contributed by atoms with Crippen molar-refractivity contribution in [1.29, 1.82) is 0 Å². The summed E-state index contributed by atoms with van der Waals surface area (Å²) >= 11 is 0. The lowest BCUT2D eigenvalue weighted by atomic mass is 10.1. The fourth-order valence-corrected chi connectivity index (χ4v) is 3.51. The second kappa shape index (κ2) is 7.50. The van der Waals surface area contributed by atoms with Gasteiger partial charge >= 0.3 is 0 Å². The van der Waals surface area contributed by atoms with Gasteiger partial charge in [-0.15, -0.1) is 0 Å². The van der Waals surface area contributed by atoms with E-state index < -0.39 is 11.7 Å². The molecule has 1 atom stereocenters. The zero-order valence-electron chi connectivity index (χ0n) is 16.2.